The van der Waals surface area contributed by atoms with Crippen molar-refractivity contribution >= 4 is 29.1 Å². The highest BCUT2D eigenvalue weighted by atomic mass is 16.5. The summed E-state index contributed by atoms with van der Waals surface area (Å²) in [6, 6.07) is 30.7. The summed E-state index contributed by atoms with van der Waals surface area (Å²) in [6.07, 6.45) is 2.99. The molecule has 278 valence electrons. The van der Waals surface area contributed by atoms with E-state index in [1.807, 2.05) is 18.2 Å². The zero-order chi connectivity index (χ0) is 36.8. The van der Waals surface area contributed by atoms with Crippen LogP contribution in [-0.4, -0.2) is 91.1 Å². The Labute approximate surface area is 316 Å². The van der Waals surface area contributed by atoms with Crippen LogP contribution in [0.25, 0.3) is 0 Å². The molecule has 0 radical (unpaired) electrons. The van der Waals surface area contributed by atoms with E-state index >= 15 is 0 Å². The number of nitrogens with one attached hydrogen (secondary N) is 1. The van der Waals surface area contributed by atoms with E-state index in [-0.39, 0.29) is 41.7 Å². The molecule has 3 atom stereocenters. The Morgan fingerprint density at radius 2 is 1.48 bits per heavy atom. The largest absolute Gasteiger partial charge is 0.508 e. The number of benzene rings is 4. The Balaban J connectivity index is 0.780. The van der Waals surface area contributed by atoms with Crippen LogP contribution < -0.4 is 19.9 Å². The van der Waals surface area contributed by atoms with Gasteiger partial charge in [-0.05, 0) is 78.3 Å². The van der Waals surface area contributed by atoms with Crippen molar-refractivity contribution < 1.29 is 24.2 Å². The number of hydrogen-bond acceptors (Lipinski definition) is 8. The number of nitrogens with zero attached hydrogens (tertiary/aromatic N) is 4. The maximum absolute atomic E-state index is 13.1. The molecular weight excluding hydrogens is 679 g/mol. The lowest BCUT2D eigenvalue weighted by molar-refractivity contribution is -0.136. The van der Waals surface area contributed by atoms with Gasteiger partial charge in [-0.15, -0.1) is 0 Å². The van der Waals surface area contributed by atoms with Crippen LogP contribution in [0.5, 0.6) is 11.5 Å². The first-order chi connectivity index (χ1) is 26.4. The number of carbonyl (C=O) groups excluding carboxylic acids is 3. The third-order valence-corrected chi connectivity index (χ3v) is 12.4. The molecule has 1 unspecified atom stereocenters. The molecule has 10 nitrogen and oxygen atoms in total. The molecule has 4 aromatic rings. The van der Waals surface area contributed by atoms with Crippen LogP contribution in [-0.2, 0) is 16.1 Å². The zero-order valence-corrected chi connectivity index (χ0v) is 30.5. The zero-order valence-electron chi connectivity index (χ0n) is 30.5. The predicted molar refractivity (Wildman–Crippen MR) is 207 cm³/mol. The molecule has 3 amide bonds. The van der Waals surface area contributed by atoms with E-state index in [9.17, 15) is 19.5 Å². The monoisotopic (exact) mass is 725 g/mol. The maximum atomic E-state index is 13.1. The van der Waals surface area contributed by atoms with Crippen LogP contribution in [0.1, 0.15) is 70.1 Å². The number of piperazine rings is 1. The third-order valence-electron chi connectivity index (χ3n) is 12.4. The molecule has 0 saturated carbocycles. The molecule has 0 spiro atoms. The van der Waals surface area contributed by atoms with Gasteiger partial charge in [-0.2, -0.15) is 0 Å². The first kappa shape index (κ1) is 34.4. The van der Waals surface area contributed by atoms with Gasteiger partial charge in [0.05, 0.1) is 6.61 Å². The minimum absolute atomic E-state index is 0.125. The molecule has 54 heavy (non-hydrogen) atoms. The number of aromatic hydroxyl groups is 1. The highest BCUT2D eigenvalue weighted by Crippen LogP contribution is 2.47. The highest BCUT2D eigenvalue weighted by molar-refractivity contribution is 6.05. The second kappa shape index (κ2) is 14.5. The molecule has 5 aliphatic heterocycles. The first-order valence-corrected chi connectivity index (χ1v) is 19.5. The van der Waals surface area contributed by atoms with Gasteiger partial charge in [-0.25, -0.2) is 0 Å². The second-order valence-electron chi connectivity index (χ2n) is 15.6. The van der Waals surface area contributed by atoms with Crippen LogP contribution in [0.3, 0.4) is 0 Å². The molecule has 3 saturated heterocycles. The van der Waals surface area contributed by atoms with Crippen LogP contribution in [0.2, 0.25) is 0 Å². The van der Waals surface area contributed by atoms with Crippen LogP contribution in [0, 0.1) is 5.92 Å². The summed E-state index contributed by atoms with van der Waals surface area (Å²) in [5.41, 5.74) is 7.65. The number of fused-ring (bicyclic) bond motifs is 2. The van der Waals surface area contributed by atoms with Gasteiger partial charge in [0.1, 0.15) is 17.5 Å². The summed E-state index contributed by atoms with van der Waals surface area (Å²) < 4.78 is 6.17. The second-order valence-corrected chi connectivity index (χ2v) is 15.6. The standard InChI is InChI=1S/C44H47N5O5/c50-35-11-13-37-40(25-35)54-28-38(30-4-2-1-3-5-30)42(37)31-6-8-33(9-7-31)47-18-16-29(17-19-47)26-46-20-22-48(23-21-46)34-10-12-36-32(24-34)27-49(44(36)53)39-14-15-41(51)45-43(39)52/h1-13,24-25,29,38-39,42,50H,14-23,26-28H2,(H,45,51,52)/t38-,39?,42-/m0/s1. The normalized spacial score (nSPS) is 23.5. The lowest BCUT2D eigenvalue weighted by atomic mass is 9.76. The van der Waals surface area contributed by atoms with Crippen LogP contribution >= 0.6 is 0 Å². The number of piperidine rings is 2. The van der Waals surface area contributed by atoms with Gasteiger partial charge < -0.3 is 24.5 Å². The van der Waals surface area contributed by atoms with E-state index in [4.69, 9.17) is 4.74 Å². The lowest BCUT2D eigenvalue weighted by Gasteiger charge is -2.40. The van der Waals surface area contributed by atoms with Crippen molar-refractivity contribution in [1.82, 2.24) is 15.1 Å². The fourth-order valence-electron chi connectivity index (χ4n) is 9.38. The molecule has 0 aromatic heterocycles. The van der Waals surface area contributed by atoms with Gasteiger partial charge in [0.15, 0.2) is 0 Å². The van der Waals surface area contributed by atoms with Gasteiger partial charge >= 0.3 is 0 Å². The number of ether oxygens (including phenoxy) is 1. The summed E-state index contributed by atoms with van der Waals surface area (Å²) in [6.45, 7) is 8.12. The van der Waals surface area contributed by atoms with Gasteiger partial charge in [0, 0.05) is 99.2 Å². The number of phenols is 1. The van der Waals surface area contributed by atoms with E-state index in [1.54, 1.807) is 17.0 Å². The first-order valence-electron chi connectivity index (χ1n) is 19.5. The van der Waals surface area contributed by atoms with Gasteiger partial charge in [-0.3, -0.25) is 24.6 Å². The number of carbonyl (C=O) groups is 3. The van der Waals surface area contributed by atoms with Crippen LogP contribution in [0.15, 0.2) is 91.0 Å². The minimum atomic E-state index is -0.589. The molecule has 2 N–H and O–H groups in total. The summed E-state index contributed by atoms with van der Waals surface area (Å²) in [7, 11) is 0. The van der Waals surface area contributed by atoms with Crippen LogP contribution in [0.4, 0.5) is 11.4 Å². The van der Waals surface area contributed by atoms with Crippen molar-refractivity contribution in [3.63, 3.8) is 0 Å². The molecular formula is C44H47N5O5. The highest BCUT2D eigenvalue weighted by Gasteiger charge is 2.39. The summed E-state index contributed by atoms with van der Waals surface area (Å²) in [4.78, 5) is 46.4. The quantitative estimate of drug-likeness (QED) is 0.241. The van der Waals surface area contributed by atoms with Crippen molar-refractivity contribution in [2.75, 3.05) is 62.2 Å². The van der Waals surface area contributed by atoms with E-state index < -0.39 is 6.04 Å². The molecule has 9 rings (SSSR count). The molecule has 5 heterocycles. The fourth-order valence-corrected chi connectivity index (χ4v) is 9.38. The Hall–Kier alpha value is -5.35. The molecule has 10 heteroatoms. The van der Waals surface area contributed by atoms with E-state index in [0.717, 1.165) is 68.4 Å². The van der Waals surface area contributed by atoms with E-state index in [0.29, 0.717) is 31.1 Å². The molecule has 0 bridgehead atoms. The van der Waals surface area contributed by atoms with Crippen molar-refractivity contribution in [3.8, 4) is 11.5 Å². The summed E-state index contributed by atoms with van der Waals surface area (Å²) >= 11 is 0. The summed E-state index contributed by atoms with van der Waals surface area (Å²) in [5.74, 6) is 1.22. The topological polar surface area (TPSA) is 106 Å². The van der Waals surface area contributed by atoms with Gasteiger partial charge in [0.25, 0.3) is 5.91 Å². The molecule has 5 aliphatic rings. The number of hydrogen-bond donors (Lipinski definition) is 2. The Morgan fingerprint density at radius 3 is 2.24 bits per heavy atom. The van der Waals surface area contributed by atoms with E-state index in [2.05, 4.69) is 80.7 Å². The number of anilines is 2. The number of amides is 3. The Morgan fingerprint density at radius 1 is 0.741 bits per heavy atom. The van der Waals surface area contributed by atoms with Crippen molar-refractivity contribution in [3.05, 3.63) is 119 Å². The number of imide groups is 1. The average Bonchev–Trinajstić information content (AvgIpc) is 3.53. The number of phenolic OH excluding ortho intramolecular Hbond substituents is 1. The van der Waals surface area contributed by atoms with Gasteiger partial charge in [0.2, 0.25) is 11.8 Å². The lowest BCUT2D eigenvalue weighted by Crippen LogP contribution is -2.52. The Kier molecular flexibility index (Phi) is 9.22. The molecule has 4 aromatic carbocycles. The van der Waals surface area contributed by atoms with E-state index in [1.165, 1.54) is 29.7 Å². The average molecular weight is 726 g/mol. The maximum Gasteiger partial charge on any atom is 0.255 e. The Bertz CT molecular complexity index is 2040. The summed E-state index contributed by atoms with van der Waals surface area (Å²) in [5, 5.41) is 12.5. The fraction of sp³-hybridized carbons (Fsp3) is 0.386. The van der Waals surface area contributed by atoms with Crippen molar-refractivity contribution in [1.29, 1.82) is 0 Å². The predicted octanol–water partition coefficient (Wildman–Crippen LogP) is 5.50. The smallest absolute Gasteiger partial charge is 0.255 e. The van der Waals surface area contributed by atoms with Crippen molar-refractivity contribution in [2.24, 2.45) is 5.92 Å². The van der Waals surface area contributed by atoms with Crippen molar-refractivity contribution in [2.45, 2.75) is 50.1 Å². The van der Waals surface area contributed by atoms with Gasteiger partial charge in [-0.1, -0.05) is 48.5 Å². The third kappa shape index (κ3) is 6.68. The SMILES string of the molecule is O=C1CCC(N2Cc3cc(N4CCN(CC5CCN(c6ccc([C@H]7c8ccc(O)cc8OC[C@H]7c7ccccc7)cc6)CC5)CC4)ccc3C2=O)C(=O)N1. The molecule has 0 aliphatic carbocycles. The number of rotatable bonds is 7. The molecule has 3 fully saturated rings. The minimum Gasteiger partial charge on any atom is -0.508 e.